The van der Waals surface area contributed by atoms with Crippen LogP contribution in [0.25, 0.3) is 101 Å². The van der Waals surface area contributed by atoms with E-state index in [0.29, 0.717) is 0 Å². The Labute approximate surface area is 342 Å². The van der Waals surface area contributed by atoms with Gasteiger partial charge in [-0.1, -0.05) is 152 Å². The Hall–Kier alpha value is -6.78. The number of aromatic nitrogens is 1. The summed E-state index contributed by atoms with van der Waals surface area (Å²) in [6.07, 6.45) is 0. The number of benzene rings is 9. The predicted octanol–water partition coefficient (Wildman–Crippen LogP) is 15.5. The lowest BCUT2D eigenvalue weighted by Crippen LogP contribution is -2.33. The number of hydrogen-bond acceptors (Lipinski definition) is 2. The van der Waals surface area contributed by atoms with Crippen LogP contribution in [0.3, 0.4) is 0 Å². The zero-order valence-corrected chi connectivity index (χ0v) is 32.8. The maximum absolute atomic E-state index is 2.55. The summed E-state index contributed by atoms with van der Waals surface area (Å²) in [6.45, 7) is 0. The van der Waals surface area contributed by atoms with Gasteiger partial charge in [0.1, 0.15) is 0 Å². The lowest BCUT2D eigenvalue weighted by Gasteiger charge is -2.40. The average Bonchev–Trinajstić information content (AvgIpc) is 4.03. The van der Waals surface area contributed by atoms with Crippen molar-refractivity contribution in [1.29, 1.82) is 0 Å². The highest BCUT2D eigenvalue weighted by Crippen LogP contribution is 2.62. The average molecular weight is 770 g/mol. The molecule has 1 aliphatic heterocycles. The van der Waals surface area contributed by atoms with Crippen LogP contribution in [0, 0.1) is 0 Å². The van der Waals surface area contributed by atoms with Crippen molar-refractivity contribution in [3.8, 4) is 39.1 Å². The lowest BCUT2D eigenvalue weighted by atomic mass is 9.65. The van der Waals surface area contributed by atoms with Gasteiger partial charge in [0.15, 0.2) is 0 Å². The Morgan fingerprint density at radius 1 is 0.345 bits per heavy atom. The summed E-state index contributed by atoms with van der Waals surface area (Å²) in [5.41, 5.74) is 16.3. The third kappa shape index (κ3) is 3.81. The van der Waals surface area contributed by atoms with Gasteiger partial charge in [0.05, 0.1) is 22.1 Å². The SMILES string of the molecule is c1ccc2c(c1)-n1c3ccccc3c3cccc(c31)C21c2cc(-c3cccc4c3sc3ccccc34)ccc2-c2ccc(-c3cccc4c3sc3ccccc34)cc21. The minimum Gasteiger partial charge on any atom is -0.309 e. The molecule has 0 amide bonds. The van der Waals surface area contributed by atoms with E-state index in [2.05, 4.69) is 193 Å². The molecule has 0 saturated heterocycles. The van der Waals surface area contributed by atoms with Gasteiger partial charge in [0.25, 0.3) is 0 Å². The zero-order chi connectivity index (χ0) is 37.7. The summed E-state index contributed by atoms with van der Waals surface area (Å²) < 4.78 is 7.90. The molecular formula is C55H31NS2. The molecule has 0 N–H and O–H groups in total. The molecule has 1 nitrogen and oxygen atoms in total. The van der Waals surface area contributed by atoms with E-state index in [0.717, 1.165) is 0 Å². The second-order valence-corrected chi connectivity index (χ2v) is 18.0. The quantitative estimate of drug-likeness (QED) is 0.165. The van der Waals surface area contributed by atoms with Gasteiger partial charge in [-0.05, 0) is 92.0 Å². The fourth-order valence-electron chi connectivity index (χ4n) is 10.9. The fourth-order valence-corrected chi connectivity index (χ4v) is 13.4. The summed E-state index contributed by atoms with van der Waals surface area (Å²) in [5.74, 6) is 0. The molecule has 0 unspecified atom stereocenters. The number of nitrogens with zero attached hydrogens (tertiary/aromatic N) is 1. The second-order valence-electron chi connectivity index (χ2n) is 15.9. The van der Waals surface area contributed by atoms with Crippen LogP contribution in [0.5, 0.6) is 0 Å². The third-order valence-corrected chi connectivity index (χ3v) is 15.7. The van der Waals surface area contributed by atoms with Crippen LogP contribution < -0.4 is 0 Å². The molecular weight excluding hydrogens is 739 g/mol. The monoisotopic (exact) mass is 769 g/mol. The molecule has 9 aromatic carbocycles. The van der Waals surface area contributed by atoms with E-state index in [9.17, 15) is 0 Å². The smallest absolute Gasteiger partial charge is 0.0754 e. The van der Waals surface area contributed by atoms with Crippen LogP contribution in [0.4, 0.5) is 0 Å². The summed E-state index contributed by atoms with van der Waals surface area (Å²) in [6, 6.07) is 71.3. The first-order valence-corrected chi connectivity index (χ1v) is 21.6. The van der Waals surface area contributed by atoms with Gasteiger partial charge >= 0.3 is 0 Å². The maximum Gasteiger partial charge on any atom is 0.0754 e. The van der Waals surface area contributed by atoms with Crippen molar-refractivity contribution < 1.29 is 0 Å². The number of rotatable bonds is 2. The van der Waals surface area contributed by atoms with Gasteiger partial charge in [-0.3, -0.25) is 0 Å². The minimum absolute atomic E-state index is 0.556. The number of para-hydroxylation sites is 3. The minimum atomic E-state index is -0.556. The van der Waals surface area contributed by atoms with Gasteiger partial charge in [-0.2, -0.15) is 0 Å². The fraction of sp³-hybridized carbons (Fsp3) is 0.0182. The van der Waals surface area contributed by atoms with Crippen LogP contribution in [0.2, 0.25) is 0 Å². The number of thiophene rings is 2. The van der Waals surface area contributed by atoms with E-state index in [1.165, 1.54) is 123 Å². The lowest BCUT2D eigenvalue weighted by molar-refractivity contribution is 0.749. The van der Waals surface area contributed by atoms with Gasteiger partial charge in [0.2, 0.25) is 0 Å². The Morgan fingerprint density at radius 2 is 0.845 bits per heavy atom. The van der Waals surface area contributed by atoms with Gasteiger partial charge in [-0.25, -0.2) is 0 Å². The van der Waals surface area contributed by atoms with Crippen LogP contribution in [0.15, 0.2) is 188 Å². The molecule has 12 aromatic rings. The van der Waals surface area contributed by atoms with E-state index in [-0.39, 0.29) is 0 Å². The van der Waals surface area contributed by atoms with Crippen molar-refractivity contribution in [2.24, 2.45) is 0 Å². The summed E-state index contributed by atoms with van der Waals surface area (Å²) in [4.78, 5) is 0. The Kier molecular flexibility index (Phi) is 6.05. The highest BCUT2D eigenvalue weighted by molar-refractivity contribution is 7.26. The molecule has 4 heterocycles. The van der Waals surface area contributed by atoms with Gasteiger partial charge < -0.3 is 4.57 Å². The highest BCUT2D eigenvalue weighted by Gasteiger charge is 2.51. The summed E-state index contributed by atoms with van der Waals surface area (Å²) in [5, 5.41) is 7.91. The number of hydrogen-bond donors (Lipinski definition) is 0. The summed E-state index contributed by atoms with van der Waals surface area (Å²) in [7, 11) is 0. The van der Waals surface area contributed by atoms with E-state index >= 15 is 0 Å². The predicted molar refractivity (Wildman–Crippen MR) is 248 cm³/mol. The van der Waals surface area contributed by atoms with E-state index in [1.54, 1.807) is 0 Å². The molecule has 0 radical (unpaired) electrons. The Morgan fingerprint density at radius 3 is 1.50 bits per heavy atom. The largest absolute Gasteiger partial charge is 0.309 e. The normalized spacial score (nSPS) is 13.7. The zero-order valence-electron chi connectivity index (χ0n) is 31.2. The van der Waals surface area contributed by atoms with Gasteiger partial charge in [-0.15, -0.1) is 22.7 Å². The molecule has 1 aliphatic carbocycles. The van der Waals surface area contributed by atoms with E-state index in [4.69, 9.17) is 0 Å². The molecule has 3 heteroatoms. The molecule has 2 aliphatic rings. The van der Waals surface area contributed by atoms with Crippen molar-refractivity contribution in [3.05, 3.63) is 210 Å². The molecule has 1 spiro atoms. The van der Waals surface area contributed by atoms with Crippen molar-refractivity contribution in [2.75, 3.05) is 0 Å². The second kappa shape index (κ2) is 11.2. The highest BCUT2D eigenvalue weighted by atomic mass is 32.1. The van der Waals surface area contributed by atoms with Crippen molar-refractivity contribution in [2.45, 2.75) is 5.41 Å². The molecule has 0 atom stereocenters. The van der Waals surface area contributed by atoms with Crippen LogP contribution in [0.1, 0.15) is 22.3 Å². The first kappa shape index (κ1) is 31.3. The number of fused-ring (bicyclic) bond motifs is 18. The van der Waals surface area contributed by atoms with Crippen LogP contribution >= 0.6 is 22.7 Å². The third-order valence-electron chi connectivity index (χ3n) is 13.2. The molecule has 268 valence electrons. The standard InChI is InChI=1S/C55H31NS2/c1-5-22-48-38(12-1)41-17-11-21-45-52(41)56(48)49-23-6-4-20-44(49)55(45)46-30-32(34-15-9-18-42-39-13-2-7-24-50(39)57-53(34)42)26-28-36(46)37-29-27-33(31-47(37)55)35-16-10-19-43-40-14-3-8-25-51(40)58-54(35)43/h1-31H. The Balaban J connectivity index is 1.12. The molecule has 0 saturated carbocycles. The molecule has 58 heavy (non-hydrogen) atoms. The summed E-state index contributed by atoms with van der Waals surface area (Å²) >= 11 is 3.82. The molecule has 0 fully saturated rings. The van der Waals surface area contributed by atoms with Crippen molar-refractivity contribution in [1.82, 2.24) is 4.57 Å². The van der Waals surface area contributed by atoms with E-state index in [1.807, 2.05) is 22.7 Å². The first-order valence-electron chi connectivity index (χ1n) is 20.0. The molecule has 14 rings (SSSR count). The first-order chi connectivity index (χ1) is 28.8. The maximum atomic E-state index is 2.55. The topological polar surface area (TPSA) is 4.93 Å². The molecule has 0 bridgehead atoms. The van der Waals surface area contributed by atoms with Gasteiger partial charge in [0, 0.05) is 51.1 Å². The van der Waals surface area contributed by atoms with Crippen LogP contribution in [-0.2, 0) is 5.41 Å². The Bertz CT molecular complexity index is 3600. The van der Waals surface area contributed by atoms with Crippen molar-refractivity contribution >= 4 is 84.8 Å². The van der Waals surface area contributed by atoms with Crippen LogP contribution in [-0.4, -0.2) is 4.57 Å². The molecule has 3 aromatic heterocycles. The van der Waals surface area contributed by atoms with Crippen molar-refractivity contribution in [3.63, 3.8) is 0 Å². The van der Waals surface area contributed by atoms with E-state index < -0.39 is 5.41 Å².